The van der Waals surface area contributed by atoms with E-state index in [0.29, 0.717) is 11.7 Å². The van der Waals surface area contributed by atoms with Crippen molar-refractivity contribution in [2.75, 3.05) is 5.75 Å². The molecule has 0 rings (SSSR count). The summed E-state index contributed by atoms with van der Waals surface area (Å²) >= 11 is 5.08. The second kappa shape index (κ2) is 10.4. The maximum Gasteiger partial charge on any atom is 1.00 e. The normalized spacial score (nSPS) is 10.4. The van der Waals surface area contributed by atoms with Crippen LogP contribution in [0.5, 0.6) is 0 Å². The molecule has 0 aromatic carbocycles. The van der Waals surface area contributed by atoms with Gasteiger partial charge in [0.25, 0.3) is 0 Å². The summed E-state index contributed by atoms with van der Waals surface area (Å²) < 4.78 is 0. The molecule has 0 aliphatic rings. The average molecular weight is 244 g/mol. The second-order valence-electron chi connectivity index (χ2n) is 2.46. The van der Waals surface area contributed by atoms with Gasteiger partial charge in [0.05, 0.1) is 0 Å². The van der Waals surface area contributed by atoms with Crippen LogP contribution in [0.4, 0.5) is 0 Å². The summed E-state index contributed by atoms with van der Waals surface area (Å²) in [6.07, 6.45) is 0.910. The Morgan fingerprint density at radius 2 is 1.75 bits per heavy atom. The molecule has 0 spiro atoms. The third-order valence-corrected chi connectivity index (χ3v) is 4.12. The second-order valence-corrected chi connectivity index (χ2v) is 8.38. The molecule has 62 valence electrons. The monoisotopic (exact) mass is 244 g/mol. The first-order valence-electron chi connectivity index (χ1n) is 3.08. The van der Waals surface area contributed by atoms with E-state index < -0.39 is 5.69 Å². The van der Waals surface area contributed by atoms with Gasteiger partial charge in [0.15, 0.2) is 0 Å². The minimum atomic E-state index is -3.47. The van der Waals surface area contributed by atoms with Crippen LogP contribution in [0, 0.1) is 5.92 Å². The van der Waals surface area contributed by atoms with Crippen molar-refractivity contribution in [3.8, 4) is 0 Å². The molecule has 12 heavy (non-hydrogen) atoms. The van der Waals surface area contributed by atoms with E-state index in [2.05, 4.69) is 25.7 Å². The summed E-state index contributed by atoms with van der Waals surface area (Å²) in [5.41, 5.74) is -3.47. The first-order valence-corrected chi connectivity index (χ1v) is 7.31. The molecule has 0 fully saturated rings. The summed E-state index contributed by atoms with van der Waals surface area (Å²) in [5, 5.41) is 0. The quantitative estimate of drug-likeness (QED) is 0.366. The molecule has 0 N–H and O–H groups in total. The minimum absolute atomic E-state index is 0. The van der Waals surface area contributed by atoms with Gasteiger partial charge in [-0.1, -0.05) is 13.8 Å². The number of hydrogen-bond donors (Lipinski definition) is 0. The summed E-state index contributed by atoms with van der Waals surface area (Å²) in [7, 11) is 0. The van der Waals surface area contributed by atoms with Crippen LogP contribution in [-0.4, -0.2) is 5.75 Å². The summed E-state index contributed by atoms with van der Waals surface area (Å²) in [5.74, 6) is 1.18. The Bertz CT molecular complexity index is 139. The van der Waals surface area contributed by atoms with Crippen LogP contribution in [0.3, 0.4) is 0 Å². The van der Waals surface area contributed by atoms with E-state index in [9.17, 15) is 9.79 Å². The molecule has 0 heterocycles. The number of hydrogen-bond acceptors (Lipinski definition) is 4. The van der Waals surface area contributed by atoms with Crippen LogP contribution >= 0.6 is 17.1 Å². The summed E-state index contributed by atoms with van der Waals surface area (Å²) in [4.78, 5) is 20.8. The molecular weight excluding hydrogens is 233 g/mol. The van der Waals surface area contributed by atoms with E-state index in [1.165, 1.54) is 0 Å². The Hall–Kier alpha value is 2.92. The molecule has 0 radical (unpaired) electrons. The van der Waals surface area contributed by atoms with Crippen molar-refractivity contribution >= 4 is 28.9 Å². The predicted molar refractivity (Wildman–Crippen MR) is 46.2 cm³/mol. The Balaban J connectivity index is -0.000000405. The fourth-order valence-electron chi connectivity index (χ4n) is 0.400. The Morgan fingerprint density at radius 1 is 1.33 bits per heavy atom. The zero-order valence-electron chi connectivity index (χ0n) is 8.07. The molecule has 7 heteroatoms. The molecule has 0 amide bonds. The summed E-state index contributed by atoms with van der Waals surface area (Å²) in [6.45, 7) is 4.11. The van der Waals surface area contributed by atoms with Gasteiger partial charge in [-0.05, 0) is 18.1 Å². The maximum atomic E-state index is 10.4. The van der Waals surface area contributed by atoms with Crippen LogP contribution in [0.15, 0.2) is 0 Å². The fraction of sp³-hybridized carbons (Fsp3) is 1.00. The van der Waals surface area contributed by atoms with Gasteiger partial charge in [0.1, 0.15) is 0 Å². The third-order valence-electron chi connectivity index (χ3n) is 0.945. The Labute approximate surface area is 128 Å². The van der Waals surface area contributed by atoms with Crippen molar-refractivity contribution < 1.29 is 68.9 Å². The van der Waals surface area contributed by atoms with E-state index in [0.717, 1.165) is 17.8 Å². The minimum Gasteiger partial charge on any atom is -0.825 e. The number of rotatable bonds is 4. The molecule has 0 aliphatic heterocycles. The van der Waals surface area contributed by atoms with Crippen LogP contribution in [0.1, 0.15) is 20.3 Å². The smallest absolute Gasteiger partial charge is 0.825 e. The Kier molecular flexibility index (Phi) is 17.7. The van der Waals surface area contributed by atoms with Gasteiger partial charge in [0, 0.05) is 0 Å². The molecule has 0 aromatic heterocycles. The van der Waals surface area contributed by atoms with E-state index in [1.54, 1.807) is 0 Å². The Morgan fingerprint density at radius 3 is 2.00 bits per heavy atom. The van der Waals surface area contributed by atoms with Gasteiger partial charge in [-0.2, -0.15) is 17.1 Å². The first kappa shape index (κ1) is 20.3. The fourth-order valence-corrected chi connectivity index (χ4v) is 2.86. The molecule has 0 saturated carbocycles. The molecule has 0 unspecified atom stereocenters. The van der Waals surface area contributed by atoms with E-state index in [-0.39, 0.29) is 59.1 Å². The van der Waals surface area contributed by atoms with Crippen molar-refractivity contribution in [3.63, 3.8) is 0 Å². The molecule has 2 nitrogen and oxygen atoms in total. The standard InChI is InChI=1S/C5H13O2PS2.2Na/c1-5(2)3-4-10-8(6,7)9;;/h5H,3-4H2,1-2H3,(H2,6,7,9);;/q;2*+1/p-2. The van der Waals surface area contributed by atoms with E-state index in [4.69, 9.17) is 0 Å². The van der Waals surface area contributed by atoms with Crippen molar-refractivity contribution in [2.24, 2.45) is 5.92 Å². The SMILES string of the molecule is CC(C)CCSP([O-])([O-])=S.[Na+].[Na+]. The third kappa shape index (κ3) is 18.7. The van der Waals surface area contributed by atoms with Gasteiger partial charge in [0.2, 0.25) is 0 Å². The van der Waals surface area contributed by atoms with E-state index >= 15 is 0 Å². The van der Waals surface area contributed by atoms with E-state index in [1.807, 2.05) is 0 Å². The summed E-state index contributed by atoms with van der Waals surface area (Å²) in [6, 6.07) is 0. The molecular formula is C5H11Na2O2PS2. The van der Waals surface area contributed by atoms with Gasteiger partial charge >= 0.3 is 59.1 Å². The van der Waals surface area contributed by atoms with Crippen LogP contribution in [-0.2, 0) is 11.8 Å². The first-order chi connectivity index (χ1) is 4.42. The average Bonchev–Trinajstić information content (AvgIpc) is 1.59. The van der Waals surface area contributed by atoms with Crippen molar-refractivity contribution in [2.45, 2.75) is 20.3 Å². The topological polar surface area (TPSA) is 46.1 Å². The van der Waals surface area contributed by atoms with Crippen molar-refractivity contribution in [3.05, 3.63) is 0 Å². The zero-order chi connectivity index (χ0) is 8.20. The molecule has 0 atom stereocenters. The van der Waals surface area contributed by atoms with Gasteiger partial charge in [-0.3, -0.25) is 0 Å². The van der Waals surface area contributed by atoms with Crippen LogP contribution in [0.25, 0.3) is 0 Å². The molecule has 0 aliphatic carbocycles. The molecule has 0 saturated heterocycles. The zero-order valence-corrected chi connectivity index (χ0v) is 14.6. The maximum absolute atomic E-state index is 10.4. The van der Waals surface area contributed by atoms with Crippen molar-refractivity contribution in [1.29, 1.82) is 0 Å². The van der Waals surface area contributed by atoms with Gasteiger partial charge < -0.3 is 9.79 Å². The van der Waals surface area contributed by atoms with Crippen molar-refractivity contribution in [1.82, 2.24) is 0 Å². The van der Waals surface area contributed by atoms with Gasteiger partial charge in [-0.15, -0.1) is 11.8 Å². The predicted octanol–water partition coefficient (Wildman–Crippen LogP) is -5.28. The molecule has 0 aromatic rings. The largest absolute Gasteiger partial charge is 1.00 e. The van der Waals surface area contributed by atoms with Crippen LogP contribution < -0.4 is 68.9 Å². The van der Waals surface area contributed by atoms with Gasteiger partial charge in [-0.25, -0.2) is 0 Å². The molecule has 0 bridgehead atoms. The van der Waals surface area contributed by atoms with Crippen LogP contribution in [0.2, 0.25) is 0 Å².